The lowest BCUT2D eigenvalue weighted by Gasteiger charge is -2.44. The molecule has 32 heavy (non-hydrogen) atoms. The summed E-state index contributed by atoms with van der Waals surface area (Å²) in [6.45, 7) is 8.33. The van der Waals surface area contributed by atoms with Crippen molar-refractivity contribution >= 4 is 33.4 Å². The monoisotopic (exact) mass is 459 g/mol. The van der Waals surface area contributed by atoms with Crippen molar-refractivity contribution < 1.29 is 14.3 Å². The maximum absolute atomic E-state index is 13.7. The molecule has 0 aromatic carbocycles. The Bertz CT molecular complexity index is 957. The van der Waals surface area contributed by atoms with Crippen LogP contribution in [0.15, 0.2) is 12.1 Å². The van der Waals surface area contributed by atoms with Gasteiger partial charge in [0, 0.05) is 30.7 Å². The normalized spacial score (nSPS) is 22.2. The molecule has 0 bridgehead atoms. The highest BCUT2D eigenvalue weighted by Crippen LogP contribution is 2.36. The molecule has 0 spiro atoms. The Balaban J connectivity index is 1.64. The van der Waals surface area contributed by atoms with E-state index in [1.165, 1.54) is 17.7 Å². The minimum absolute atomic E-state index is 0.0207. The van der Waals surface area contributed by atoms with Gasteiger partial charge in [0.1, 0.15) is 11.2 Å². The van der Waals surface area contributed by atoms with Gasteiger partial charge in [-0.1, -0.05) is 32.6 Å². The number of carbonyl (C=O) groups is 2. The fraction of sp³-hybridized carbons (Fsp3) is 0.680. The predicted molar refractivity (Wildman–Crippen MR) is 129 cm³/mol. The quantitative estimate of drug-likeness (QED) is 0.458. The molecule has 1 N–H and O–H groups in total. The molecule has 1 unspecified atom stereocenters. The Morgan fingerprint density at radius 1 is 1.22 bits per heavy atom. The molecule has 4 rings (SSSR count). The Kier molecular flexibility index (Phi) is 7.25. The summed E-state index contributed by atoms with van der Waals surface area (Å²) in [6, 6.07) is 4.41. The van der Waals surface area contributed by atoms with Gasteiger partial charge in [0.2, 0.25) is 5.91 Å². The second kappa shape index (κ2) is 9.96. The van der Waals surface area contributed by atoms with Crippen molar-refractivity contribution in [2.45, 2.75) is 90.3 Å². The molecule has 3 heterocycles. The highest BCUT2D eigenvalue weighted by atomic mass is 32.1. The Morgan fingerprint density at radius 3 is 2.66 bits per heavy atom. The summed E-state index contributed by atoms with van der Waals surface area (Å²) in [5, 5.41) is 3.33. The molecular formula is C25H37N3O3S. The lowest BCUT2D eigenvalue weighted by Crippen LogP contribution is -2.65. The molecule has 2 aromatic heterocycles. The molecule has 2 aliphatic rings. The summed E-state index contributed by atoms with van der Waals surface area (Å²) in [6.07, 6.45) is 8.58. The van der Waals surface area contributed by atoms with E-state index in [9.17, 15) is 9.59 Å². The molecular weight excluding hydrogens is 422 g/mol. The Morgan fingerprint density at radius 2 is 1.97 bits per heavy atom. The van der Waals surface area contributed by atoms with Gasteiger partial charge in [0.15, 0.2) is 0 Å². The van der Waals surface area contributed by atoms with Crippen LogP contribution in [-0.2, 0) is 22.5 Å². The zero-order valence-electron chi connectivity index (χ0n) is 19.7. The average molecular weight is 460 g/mol. The van der Waals surface area contributed by atoms with E-state index in [-0.39, 0.29) is 17.9 Å². The molecule has 2 aromatic rings. The van der Waals surface area contributed by atoms with Crippen LogP contribution in [0.4, 0.5) is 0 Å². The lowest BCUT2D eigenvalue weighted by atomic mass is 9.93. The fourth-order valence-electron chi connectivity index (χ4n) is 5.15. The van der Waals surface area contributed by atoms with Crippen LogP contribution < -0.4 is 5.32 Å². The minimum Gasteiger partial charge on any atom is -0.382 e. The predicted octanol–water partition coefficient (Wildman–Crippen LogP) is 4.75. The smallest absolute Gasteiger partial charge is 0.271 e. The molecule has 6 nitrogen and oxygen atoms in total. The number of nitrogens with zero attached hydrogens (tertiary/aromatic N) is 2. The summed E-state index contributed by atoms with van der Waals surface area (Å²) < 4.78 is 8.73. The minimum atomic E-state index is -0.914. The van der Waals surface area contributed by atoms with E-state index < -0.39 is 5.54 Å². The third kappa shape index (κ3) is 4.46. The van der Waals surface area contributed by atoms with Crippen LogP contribution in [0.3, 0.4) is 0 Å². The van der Waals surface area contributed by atoms with E-state index in [1.54, 1.807) is 16.2 Å². The summed E-state index contributed by atoms with van der Waals surface area (Å²) >= 11 is 1.75. The lowest BCUT2D eigenvalue weighted by molar-refractivity contribution is -0.133. The number of amides is 2. The molecule has 1 aliphatic carbocycles. The topological polar surface area (TPSA) is 63.6 Å². The van der Waals surface area contributed by atoms with Crippen molar-refractivity contribution in [3.05, 3.63) is 22.7 Å². The number of thiophene rings is 1. The molecule has 1 saturated carbocycles. The molecule has 7 heteroatoms. The number of nitrogens with one attached hydrogen (secondary N) is 1. The van der Waals surface area contributed by atoms with Crippen molar-refractivity contribution in [3.63, 3.8) is 0 Å². The molecule has 1 atom stereocenters. The van der Waals surface area contributed by atoms with E-state index >= 15 is 0 Å². The fourth-order valence-corrected chi connectivity index (χ4v) is 6.19. The number of hydrogen-bond donors (Lipinski definition) is 1. The van der Waals surface area contributed by atoms with Gasteiger partial charge in [-0.3, -0.25) is 9.59 Å². The second-order valence-electron chi connectivity index (χ2n) is 9.37. The van der Waals surface area contributed by atoms with Gasteiger partial charge in [-0.05, 0) is 51.7 Å². The van der Waals surface area contributed by atoms with Crippen LogP contribution in [0.1, 0.15) is 81.1 Å². The summed E-state index contributed by atoms with van der Waals surface area (Å²) in [7, 11) is 0. The average Bonchev–Trinajstić information content (AvgIpc) is 3.22. The highest BCUT2D eigenvalue weighted by molar-refractivity contribution is 7.19. The second-order valence-corrected chi connectivity index (χ2v) is 10.5. The Labute approximate surface area is 195 Å². The van der Waals surface area contributed by atoms with Crippen LogP contribution in [0.5, 0.6) is 0 Å². The molecule has 1 aliphatic heterocycles. The zero-order chi connectivity index (χ0) is 22.7. The molecule has 0 radical (unpaired) electrons. The molecule has 176 valence electrons. The van der Waals surface area contributed by atoms with E-state index in [2.05, 4.69) is 22.9 Å². The van der Waals surface area contributed by atoms with Crippen molar-refractivity contribution in [2.24, 2.45) is 0 Å². The number of hydrogen-bond acceptors (Lipinski definition) is 4. The van der Waals surface area contributed by atoms with Gasteiger partial charge in [-0.15, -0.1) is 11.3 Å². The first-order valence-electron chi connectivity index (χ1n) is 12.3. The van der Waals surface area contributed by atoms with Crippen molar-refractivity contribution in [1.29, 1.82) is 0 Å². The van der Waals surface area contributed by atoms with Gasteiger partial charge >= 0.3 is 0 Å². The first-order chi connectivity index (χ1) is 15.5. The Hall–Kier alpha value is -1.86. The largest absolute Gasteiger partial charge is 0.382 e. The third-order valence-electron chi connectivity index (χ3n) is 7.07. The van der Waals surface area contributed by atoms with Crippen molar-refractivity contribution in [3.8, 4) is 0 Å². The maximum Gasteiger partial charge on any atom is 0.271 e. The number of aryl methyl sites for hydroxylation is 1. The maximum atomic E-state index is 13.7. The van der Waals surface area contributed by atoms with E-state index in [4.69, 9.17) is 4.74 Å². The highest BCUT2D eigenvalue weighted by Gasteiger charge is 2.48. The van der Waals surface area contributed by atoms with Crippen LogP contribution in [-0.4, -0.2) is 52.6 Å². The summed E-state index contributed by atoms with van der Waals surface area (Å²) in [5.74, 6) is -0.0692. The van der Waals surface area contributed by atoms with Gasteiger partial charge < -0.3 is 19.5 Å². The van der Waals surface area contributed by atoms with Crippen molar-refractivity contribution in [1.82, 2.24) is 14.8 Å². The molecule has 0 saturated heterocycles. The number of ether oxygens (including phenoxy) is 1. The number of carbonyl (C=O) groups excluding carboxylic acids is 2. The van der Waals surface area contributed by atoms with Gasteiger partial charge in [0.05, 0.1) is 16.8 Å². The zero-order valence-corrected chi connectivity index (χ0v) is 20.6. The SMILES string of the molecule is CCOCCCN1C(=O)c2cc3sc(CC)cc3n2CC1(C)C(=O)NC1CCCCCC1. The standard InChI is InChI=1S/C25H37N3O3S/c1-4-19-15-20-22(32-19)16-21-23(29)28(13-10-14-31-5-2)25(3,17-27(20)21)24(30)26-18-11-8-6-7-9-12-18/h15-16,18H,4-14,17H2,1-3H3,(H,26,30). The van der Waals surface area contributed by atoms with E-state index in [0.717, 1.165) is 48.7 Å². The first kappa shape index (κ1) is 23.3. The van der Waals surface area contributed by atoms with Crippen LogP contribution >= 0.6 is 11.3 Å². The number of fused-ring (bicyclic) bond motifs is 3. The van der Waals surface area contributed by atoms with Crippen molar-refractivity contribution in [2.75, 3.05) is 19.8 Å². The van der Waals surface area contributed by atoms with Gasteiger partial charge in [-0.25, -0.2) is 0 Å². The first-order valence-corrected chi connectivity index (χ1v) is 13.1. The van der Waals surface area contributed by atoms with Crippen LogP contribution in [0, 0.1) is 0 Å². The number of aromatic nitrogens is 1. The van der Waals surface area contributed by atoms with Gasteiger partial charge in [-0.2, -0.15) is 0 Å². The van der Waals surface area contributed by atoms with Crippen LogP contribution in [0.25, 0.3) is 10.2 Å². The van der Waals surface area contributed by atoms with E-state index in [0.29, 0.717) is 32.0 Å². The van der Waals surface area contributed by atoms with Crippen LogP contribution in [0.2, 0.25) is 0 Å². The van der Waals surface area contributed by atoms with E-state index in [1.807, 2.05) is 19.9 Å². The van der Waals surface area contributed by atoms with Gasteiger partial charge in [0.25, 0.3) is 5.91 Å². The third-order valence-corrected chi connectivity index (χ3v) is 8.28. The molecule has 2 amide bonds. The molecule has 1 fully saturated rings. The number of rotatable bonds is 8. The summed E-state index contributed by atoms with van der Waals surface area (Å²) in [5.41, 5.74) is 0.866. The summed E-state index contributed by atoms with van der Waals surface area (Å²) in [4.78, 5) is 30.5.